The number of nitrogens with zero attached hydrogens (tertiary/aromatic N) is 1. The summed E-state index contributed by atoms with van der Waals surface area (Å²) in [6.07, 6.45) is 18.8. The van der Waals surface area contributed by atoms with Crippen LogP contribution in [0.3, 0.4) is 0 Å². The van der Waals surface area contributed by atoms with Crippen LogP contribution in [0.1, 0.15) is 96.2 Å². The Bertz CT molecular complexity index is 279. The lowest BCUT2D eigenvalue weighted by Crippen LogP contribution is -2.02. The highest BCUT2D eigenvalue weighted by Crippen LogP contribution is 2.26. The number of hydrogen-bond acceptors (Lipinski definition) is 1. The molecule has 0 aliphatic heterocycles. The molecule has 1 N–H and O–H groups in total. The molecular weight excluding hydrogens is 232 g/mol. The molecular formula is C17H32N2. The van der Waals surface area contributed by atoms with Crippen molar-refractivity contribution in [1.29, 1.82) is 0 Å². The molecule has 0 saturated heterocycles. The van der Waals surface area contributed by atoms with Gasteiger partial charge in [-0.2, -0.15) is 0 Å². The van der Waals surface area contributed by atoms with Gasteiger partial charge in [0, 0.05) is 18.3 Å². The van der Waals surface area contributed by atoms with Crippen molar-refractivity contribution in [3.8, 4) is 0 Å². The minimum absolute atomic E-state index is 0.661. The van der Waals surface area contributed by atoms with Crippen LogP contribution in [-0.4, -0.2) is 9.97 Å². The van der Waals surface area contributed by atoms with Crippen LogP contribution in [-0.2, 0) is 0 Å². The maximum absolute atomic E-state index is 4.47. The molecule has 110 valence electrons. The predicted octanol–water partition coefficient (Wildman–Crippen LogP) is 5.82. The van der Waals surface area contributed by atoms with Crippen molar-refractivity contribution in [2.75, 3.05) is 0 Å². The Morgan fingerprint density at radius 2 is 1.47 bits per heavy atom. The third-order valence-corrected chi connectivity index (χ3v) is 3.97. The van der Waals surface area contributed by atoms with E-state index < -0.39 is 0 Å². The smallest absolute Gasteiger partial charge is 0.109 e. The lowest BCUT2D eigenvalue weighted by molar-refractivity contribution is 0.479. The molecule has 2 heteroatoms. The summed E-state index contributed by atoms with van der Waals surface area (Å²) in [4.78, 5) is 7.79. The summed E-state index contributed by atoms with van der Waals surface area (Å²) in [5.41, 5.74) is 0. The van der Waals surface area contributed by atoms with Gasteiger partial charge in [0.1, 0.15) is 5.82 Å². The van der Waals surface area contributed by atoms with E-state index in [0.29, 0.717) is 5.92 Å². The summed E-state index contributed by atoms with van der Waals surface area (Å²) in [5.74, 6) is 1.88. The third kappa shape index (κ3) is 7.39. The number of hydrogen-bond donors (Lipinski definition) is 1. The number of rotatable bonds is 12. The summed E-state index contributed by atoms with van der Waals surface area (Å²) in [7, 11) is 0. The van der Waals surface area contributed by atoms with E-state index in [2.05, 4.69) is 23.8 Å². The van der Waals surface area contributed by atoms with E-state index in [0.717, 1.165) is 0 Å². The van der Waals surface area contributed by atoms with Crippen LogP contribution < -0.4 is 0 Å². The van der Waals surface area contributed by atoms with Crippen LogP contribution in [0.5, 0.6) is 0 Å². The number of H-pyrrole nitrogens is 1. The fourth-order valence-corrected chi connectivity index (χ4v) is 2.73. The van der Waals surface area contributed by atoms with Crippen LogP contribution in [0.15, 0.2) is 12.4 Å². The summed E-state index contributed by atoms with van der Waals surface area (Å²) in [5, 5.41) is 0. The van der Waals surface area contributed by atoms with Gasteiger partial charge < -0.3 is 4.98 Å². The second-order valence-electron chi connectivity index (χ2n) is 5.72. The molecule has 0 fully saturated rings. The van der Waals surface area contributed by atoms with E-state index in [4.69, 9.17) is 0 Å². The molecule has 1 aromatic heterocycles. The maximum Gasteiger partial charge on any atom is 0.109 e. The molecule has 0 spiro atoms. The summed E-state index contributed by atoms with van der Waals surface area (Å²) >= 11 is 0. The molecule has 0 radical (unpaired) electrons. The second-order valence-corrected chi connectivity index (χ2v) is 5.72. The zero-order valence-electron chi connectivity index (χ0n) is 13.0. The van der Waals surface area contributed by atoms with E-state index in [1.165, 1.54) is 76.5 Å². The van der Waals surface area contributed by atoms with Crippen LogP contribution in [0.25, 0.3) is 0 Å². The zero-order valence-corrected chi connectivity index (χ0v) is 13.0. The van der Waals surface area contributed by atoms with E-state index >= 15 is 0 Å². The molecule has 1 rings (SSSR count). The predicted molar refractivity (Wildman–Crippen MR) is 83.5 cm³/mol. The fourth-order valence-electron chi connectivity index (χ4n) is 2.73. The Morgan fingerprint density at radius 3 is 2.00 bits per heavy atom. The number of nitrogens with one attached hydrogen (secondary N) is 1. The van der Waals surface area contributed by atoms with Gasteiger partial charge in [0.25, 0.3) is 0 Å². The largest absolute Gasteiger partial charge is 0.348 e. The van der Waals surface area contributed by atoms with E-state index in [1.54, 1.807) is 0 Å². The van der Waals surface area contributed by atoms with Gasteiger partial charge in [-0.15, -0.1) is 0 Å². The summed E-state index contributed by atoms with van der Waals surface area (Å²) in [6, 6.07) is 0. The lowest BCUT2D eigenvalue weighted by Gasteiger charge is -2.14. The minimum atomic E-state index is 0.661. The average molecular weight is 264 g/mol. The Kier molecular flexibility index (Phi) is 9.48. The SMILES string of the molecule is CCCCCCCC(CCCCCC)c1ncc[nH]1. The number of aromatic amines is 1. The molecule has 1 aromatic rings. The van der Waals surface area contributed by atoms with E-state index in [-0.39, 0.29) is 0 Å². The van der Waals surface area contributed by atoms with Crippen molar-refractivity contribution in [3.05, 3.63) is 18.2 Å². The van der Waals surface area contributed by atoms with Crippen molar-refractivity contribution in [2.45, 2.75) is 90.4 Å². The normalized spacial score (nSPS) is 12.7. The zero-order chi connectivity index (χ0) is 13.8. The standard InChI is InChI=1S/C17H32N2/c1-3-5-7-9-11-13-16(12-10-8-6-4-2)17-18-14-15-19-17/h14-16H,3-13H2,1-2H3,(H,18,19). The molecule has 0 amide bonds. The highest BCUT2D eigenvalue weighted by Gasteiger charge is 2.13. The van der Waals surface area contributed by atoms with E-state index in [9.17, 15) is 0 Å². The van der Waals surface area contributed by atoms with Crippen LogP contribution in [0.4, 0.5) is 0 Å². The van der Waals surface area contributed by atoms with Crippen LogP contribution >= 0.6 is 0 Å². The molecule has 0 aromatic carbocycles. The molecule has 0 aliphatic carbocycles. The molecule has 2 nitrogen and oxygen atoms in total. The quantitative estimate of drug-likeness (QED) is 0.473. The van der Waals surface area contributed by atoms with Gasteiger partial charge in [-0.05, 0) is 12.8 Å². The number of aromatic nitrogens is 2. The van der Waals surface area contributed by atoms with Crippen LogP contribution in [0.2, 0.25) is 0 Å². The van der Waals surface area contributed by atoms with Crippen molar-refractivity contribution in [1.82, 2.24) is 9.97 Å². The number of imidazole rings is 1. The highest BCUT2D eigenvalue weighted by molar-refractivity contribution is 4.96. The molecule has 0 aliphatic rings. The maximum atomic E-state index is 4.47. The fraction of sp³-hybridized carbons (Fsp3) is 0.824. The molecule has 1 heterocycles. The Labute approximate surface area is 119 Å². The Morgan fingerprint density at radius 1 is 0.895 bits per heavy atom. The third-order valence-electron chi connectivity index (χ3n) is 3.97. The number of unbranched alkanes of at least 4 members (excludes halogenated alkanes) is 7. The van der Waals surface area contributed by atoms with Gasteiger partial charge in [-0.1, -0.05) is 71.6 Å². The van der Waals surface area contributed by atoms with Gasteiger partial charge in [-0.25, -0.2) is 4.98 Å². The Hall–Kier alpha value is -0.790. The second kappa shape index (κ2) is 11.1. The van der Waals surface area contributed by atoms with Crippen LogP contribution in [0, 0.1) is 0 Å². The van der Waals surface area contributed by atoms with Gasteiger partial charge in [-0.3, -0.25) is 0 Å². The summed E-state index contributed by atoms with van der Waals surface area (Å²) < 4.78 is 0. The first-order chi connectivity index (χ1) is 9.38. The van der Waals surface area contributed by atoms with E-state index in [1.807, 2.05) is 12.4 Å². The molecule has 1 atom stereocenters. The molecule has 1 unspecified atom stereocenters. The van der Waals surface area contributed by atoms with Crippen molar-refractivity contribution in [3.63, 3.8) is 0 Å². The first-order valence-corrected chi connectivity index (χ1v) is 8.37. The Balaban J connectivity index is 2.25. The minimum Gasteiger partial charge on any atom is -0.348 e. The first-order valence-electron chi connectivity index (χ1n) is 8.37. The van der Waals surface area contributed by atoms with Gasteiger partial charge in [0.15, 0.2) is 0 Å². The van der Waals surface area contributed by atoms with Gasteiger partial charge >= 0.3 is 0 Å². The average Bonchev–Trinajstić information content (AvgIpc) is 2.95. The van der Waals surface area contributed by atoms with Crippen molar-refractivity contribution < 1.29 is 0 Å². The van der Waals surface area contributed by atoms with Gasteiger partial charge in [0.05, 0.1) is 0 Å². The van der Waals surface area contributed by atoms with Crippen molar-refractivity contribution in [2.24, 2.45) is 0 Å². The monoisotopic (exact) mass is 264 g/mol. The molecule has 0 bridgehead atoms. The molecule has 19 heavy (non-hydrogen) atoms. The summed E-state index contributed by atoms with van der Waals surface area (Å²) in [6.45, 7) is 4.55. The highest BCUT2D eigenvalue weighted by atomic mass is 14.9. The lowest BCUT2D eigenvalue weighted by atomic mass is 9.94. The topological polar surface area (TPSA) is 28.7 Å². The van der Waals surface area contributed by atoms with Crippen molar-refractivity contribution >= 4 is 0 Å². The first kappa shape index (κ1) is 16.3. The molecule has 0 saturated carbocycles. The van der Waals surface area contributed by atoms with Gasteiger partial charge in [0.2, 0.25) is 0 Å².